The van der Waals surface area contributed by atoms with Gasteiger partial charge in [-0.3, -0.25) is 10.2 Å². The maximum absolute atomic E-state index is 6.59. The number of rotatable bonds is 6. The third-order valence-corrected chi connectivity index (χ3v) is 14.0. The minimum Gasteiger partial charge on any atom is -0.457 e. The molecule has 2 fully saturated rings. The van der Waals surface area contributed by atoms with Crippen LogP contribution >= 0.6 is 0 Å². The maximum atomic E-state index is 6.59. The van der Waals surface area contributed by atoms with Crippen molar-refractivity contribution in [3.8, 4) is 44.9 Å². The number of fused-ring (bicyclic) bond motifs is 9. The number of nitrogens with zero attached hydrogens (tertiary/aromatic N) is 1. The van der Waals surface area contributed by atoms with E-state index < -0.39 is 5.41 Å². The Morgan fingerprint density at radius 1 is 0.484 bits per heavy atom. The van der Waals surface area contributed by atoms with E-state index in [0.717, 1.165) is 18.0 Å². The van der Waals surface area contributed by atoms with Crippen molar-refractivity contribution in [2.75, 3.05) is 6.54 Å². The molecule has 0 amide bonds. The average molecular weight is 798 g/mol. The Hall–Kier alpha value is -7.24. The molecule has 0 bridgehead atoms. The van der Waals surface area contributed by atoms with Gasteiger partial charge in [-0.05, 0) is 91.5 Å². The van der Waals surface area contributed by atoms with Crippen LogP contribution < -0.4 is 15.4 Å². The second-order valence-corrected chi connectivity index (χ2v) is 17.2. The number of ether oxygens (including phenoxy) is 1. The van der Waals surface area contributed by atoms with Gasteiger partial charge in [-0.1, -0.05) is 182 Å². The predicted octanol–water partition coefficient (Wildman–Crippen LogP) is 12.8. The highest BCUT2D eigenvalue weighted by Gasteiger charge is 2.62. The molecular weight excluding hydrogens is 755 g/mol. The number of hydrogen-bond donors (Lipinski definition) is 2. The van der Waals surface area contributed by atoms with Crippen molar-refractivity contribution in [2.45, 2.75) is 29.7 Å². The zero-order chi connectivity index (χ0) is 40.8. The molecule has 4 heterocycles. The van der Waals surface area contributed by atoms with Crippen LogP contribution in [0.1, 0.15) is 57.2 Å². The number of benzene rings is 8. The van der Waals surface area contributed by atoms with Crippen molar-refractivity contribution in [3.63, 3.8) is 0 Å². The molecule has 8 aromatic rings. The van der Waals surface area contributed by atoms with Gasteiger partial charge in [0.15, 0.2) is 0 Å². The van der Waals surface area contributed by atoms with Gasteiger partial charge in [0.05, 0.1) is 29.7 Å². The van der Waals surface area contributed by atoms with Gasteiger partial charge in [-0.2, -0.15) is 0 Å². The zero-order valence-electron chi connectivity index (χ0n) is 34.1. The summed E-state index contributed by atoms with van der Waals surface area (Å²) in [6, 6.07) is 74.3. The fourth-order valence-electron chi connectivity index (χ4n) is 11.2. The predicted molar refractivity (Wildman–Crippen MR) is 250 cm³/mol. The van der Waals surface area contributed by atoms with Crippen molar-refractivity contribution in [1.29, 1.82) is 0 Å². The van der Waals surface area contributed by atoms with Crippen LogP contribution in [0.4, 0.5) is 0 Å². The molecule has 4 heteroatoms. The Balaban J connectivity index is 0.860. The zero-order valence-corrected chi connectivity index (χ0v) is 34.1. The molecule has 13 rings (SSSR count). The highest BCUT2D eigenvalue weighted by molar-refractivity contribution is 5.93. The standard InChI is InChI=1S/C58H43N3O/c1-3-14-37(15-4-1)38-27-29-39(30-28-38)53-55-54(61(55)57(60-53)40-16-5-2-6-17-40)45-21-12-20-43(35-45)41-18-11-19-42(34-41)44-31-32-46-47-22-13-33-59-56(47)58(50(46)36-44)48-23-7-9-25-51(48)62-52-26-10-8-24-49(52)58/h1-32,34-36,53-55,57,59-60H,33H2. The Morgan fingerprint density at radius 3 is 1.81 bits per heavy atom. The van der Waals surface area contributed by atoms with E-state index in [1.54, 1.807) is 0 Å². The average Bonchev–Trinajstić information content (AvgIpc) is 3.85. The first-order valence-electron chi connectivity index (χ1n) is 21.9. The molecule has 2 N–H and O–H groups in total. The molecule has 5 unspecified atom stereocenters. The van der Waals surface area contributed by atoms with Gasteiger partial charge in [0, 0.05) is 28.9 Å². The highest BCUT2D eigenvalue weighted by atomic mass is 16.5. The summed E-state index contributed by atoms with van der Waals surface area (Å²) in [5, 5.41) is 7.89. The Bertz CT molecular complexity index is 3070. The van der Waals surface area contributed by atoms with E-state index in [2.05, 4.69) is 228 Å². The maximum Gasteiger partial charge on any atom is 0.132 e. The largest absolute Gasteiger partial charge is 0.457 e. The Kier molecular flexibility index (Phi) is 7.96. The minimum atomic E-state index is -0.519. The number of para-hydroxylation sites is 2. The molecule has 8 aromatic carbocycles. The molecule has 1 aliphatic carbocycles. The first-order valence-corrected chi connectivity index (χ1v) is 21.9. The summed E-state index contributed by atoms with van der Waals surface area (Å²) in [5.41, 5.74) is 18.2. The van der Waals surface area contributed by atoms with Crippen LogP contribution in [0.5, 0.6) is 11.5 Å². The fourth-order valence-corrected chi connectivity index (χ4v) is 11.2. The van der Waals surface area contributed by atoms with Crippen molar-refractivity contribution in [3.05, 3.63) is 257 Å². The molecule has 62 heavy (non-hydrogen) atoms. The molecule has 4 nitrogen and oxygen atoms in total. The van der Waals surface area contributed by atoms with Crippen LogP contribution in [0.15, 0.2) is 218 Å². The molecule has 296 valence electrons. The minimum absolute atomic E-state index is 0.139. The Morgan fingerprint density at radius 2 is 1.06 bits per heavy atom. The molecule has 5 aliphatic rings. The van der Waals surface area contributed by atoms with E-state index in [1.165, 1.54) is 83.6 Å². The van der Waals surface area contributed by atoms with Gasteiger partial charge in [0.2, 0.25) is 0 Å². The van der Waals surface area contributed by atoms with E-state index in [4.69, 9.17) is 4.74 Å². The first kappa shape index (κ1) is 35.5. The van der Waals surface area contributed by atoms with E-state index in [0.29, 0.717) is 12.1 Å². The van der Waals surface area contributed by atoms with Gasteiger partial charge in [-0.25, -0.2) is 0 Å². The summed E-state index contributed by atoms with van der Waals surface area (Å²) < 4.78 is 6.59. The molecule has 2 saturated heterocycles. The van der Waals surface area contributed by atoms with E-state index >= 15 is 0 Å². The number of nitrogens with one attached hydrogen (secondary N) is 2. The quantitative estimate of drug-likeness (QED) is 0.164. The summed E-state index contributed by atoms with van der Waals surface area (Å²) in [7, 11) is 0. The third-order valence-electron chi connectivity index (χ3n) is 14.0. The smallest absolute Gasteiger partial charge is 0.132 e. The molecule has 0 aromatic heterocycles. The van der Waals surface area contributed by atoms with Crippen LogP contribution in [0.2, 0.25) is 0 Å². The number of dihydropyridines is 1. The lowest BCUT2D eigenvalue weighted by Crippen LogP contribution is -2.39. The number of hydrogen-bond acceptors (Lipinski definition) is 4. The van der Waals surface area contributed by atoms with Gasteiger partial charge in [0.25, 0.3) is 0 Å². The van der Waals surface area contributed by atoms with Crippen LogP contribution in [0.3, 0.4) is 0 Å². The Labute approximate surface area is 362 Å². The normalized spacial score (nSPS) is 21.8. The topological polar surface area (TPSA) is 36.3 Å². The van der Waals surface area contributed by atoms with Crippen molar-refractivity contribution in [2.24, 2.45) is 0 Å². The van der Waals surface area contributed by atoms with E-state index in [-0.39, 0.29) is 12.2 Å². The monoisotopic (exact) mass is 797 g/mol. The second kappa shape index (κ2) is 13.9. The van der Waals surface area contributed by atoms with Crippen molar-refractivity contribution >= 4 is 5.57 Å². The first-order chi connectivity index (χ1) is 30.7. The summed E-state index contributed by atoms with van der Waals surface area (Å²) in [6.07, 6.45) is 4.68. The fraction of sp³-hybridized carbons (Fsp3) is 0.103. The van der Waals surface area contributed by atoms with E-state index in [9.17, 15) is 0 Å². The van der Waals surface area contributed by atoms with Crippen LogP contribution in [-0.2, 0) is 5.41 Å². The SMILES string of the molecule is C1=CC2=C(NC1)C1(c3ccccc3Oc3ccccc31)c1cc(-c3cccc(-c4cccc(C5C6C(c7ccc(-c8ccccc8)cc7)NC(c7ccccc7)N56)c4)c3)ccc12. The second-order valence-electron chi connectivity index (χ2n) is 17.2. The number of allylic oxidation sites excluding steroid dienone is 3. The van der Waals surface area contributed by atoms with Gasteiger partial charge >= 0.3 is 0 Å². The summed E-state index contributed by atoms with van der Waals surface area (Å²) in [4.78, 5) is 2.67. The molecule has 5 atom stereocenters. The highest BCUT2D eigenvalue weighted by Crippen LogP contribution is 2.62. The van der Waals surface area contributed by atoms with E-state index in [1.807, 2.05) is 0 Å². The molecule has 1 spiro atoms. The van der Waals surface area contributed by atoms with Gasteiger partial charge in [0.1, 0.15) is 11.5 Å². The van der Waals surface area contributed by atoms with Crippen molar-refractivity contribution in [1.82, 2.24) is 15.5 Å². The lowest BCUT2D eigenvalue weighted by molar-refractivity contribution is 0.358. The summed E-state index contributed by atoms with van der Waals surface area (Å²) >= 11 is 0. The lowest BCUT2D eigenvalue weighted by atomic mass is 9.67. The third kappa shape index (κ3) is 5.34. The molecular formula is C58H43N3O. The van der Waals surface area contributed by atoms with Crippen LogP contribution in [-0.4, -0.2) is 17.5 Å². The lowest BCUT2D eigenvalue weighted by Gasteiger charge is -2.41. The van der Waals surface area contributed by atoms with Crippen LogP contribution in [0.25, 0.3) is 39.0 Å². The van der Waals surface area contributed by atoms with Gasteiger partial charge < -0.3 is 10.1 Å². The molecule has 0 radical (unpaired) electrons. The molecule has 4 aliphatic heterocycles. The van der Waals surface area contributed by atoms with Gasteiger partial charge in [-0.15, -0.1) is 0 Å². The summed E-state index contributed by atoms with van der Waals surface area (Å²) in [6.45, 7) is 0.791. The summed E-state index contributed by atoms with van der Waals surface area (Å²) in [5.74, 6) is 1.81. The molecule has 0 saturated carbocycles. The van der Waals surface area contributed by atoms with Crippen molar-refractivity contribution < 1.29 is 4.74 Å². The van der Waals surface area contributed by atoms with Crippen LogP contribution in [0, 0.1) is 0 Å².